The molecule has 1 saturated carbocycles. The van der Waals surface area contributed by atoms with Gasteiger partial charge < -0.3 is 5.32 Å². The van der Waals surface area contributed by atoms with Crippen molar-refractivity contribution in [3.05, 3.63) is 34.7 Å². The van der Waals surface area contributed by atoms with Gasteiger partial charge in [0.2, 0.25) is 0 Å². The Hall–Kier alpha value is -0.900. The molecule has 1 fully saturated rings. The Kier molecular flexibility index (Phi) is 4.63. The second-order valence-electron chi connectivity index (χ2n) is 6.58. The van der Waals surface area contributed by atoms with E-state index >= 15 is 0 Å². The van der Waals surface area contributed by atoms with E-state index in [4.69, 9.17) is 0 Å². The number of hydrogen-bond donors (Lipinski definition) is 1. The lowest BCUT2D eigenvalue weighted by Crippen LogP contribution is -2.29. The van der Waals surface area contributed by atoms with E-state index in [-0.39, 0.29) is 0 Å². The SMILES string of the molecule is CNCc1sc2ccccc2c1CN(CC(C)C)C1CC1. The van der Waals surface area contributed by atoms with E-state index in [9.17, 15) is 0 Å². The van der Waals surface area contributed by atoms with Crippen molar-refractivity contribution >= 4 is 21.4 Å². The van der Waals surface area contributed by atoms with Gasteiger partial charge in [-0.3, -0.25) is 4.90 Å². The van der Waals surface area contributed by atoms with Gasteiger partial charge in [0.1, 0.15) is 0 Å². The summed E-state index contributed by atoms with van der Waals surface area (Å²) in [5, 5.41) is 4.80. The monoisotopic (exact) mass is 302 g/mol. The summed E-state index contributed by atoms with van der Waals surface area (Å²) in [6, 6.07) is 9.70. The van der Waals surface area contributed by atoms with Gasteiger partial charge in [0, 0.05) is 35.3 Å². The van der Waals surface area contributed by atoms with Crippen molar-refractivity contribution in [3.8, 4) is 0 Å². The van der Waals surface area contributed by atoms with Crippen LogP contribution < -0.4 is 5.32 Å². The van der Waals surface area contributed by atoms with Crippen molar-refractivity contribution in [1.82, 2.24) is 10.2 Å². The zero-order valence-corrected chi connectivity index (χ0v) is 14.2. The molecule has 3 heteroatoms. The molecule has 0 saturated heterocycles. The van der Waals surface area contributed by atoms with Gasteiger partial charge in [-0.25, -0.2) is 0 Å². The van der Waals surface area contributed by atoms with Gasteiger partial charge in [-0.15, -0.1) is 11.3 Å². The molecule has 2 aromatic rings. The lowest BCUT2D eigenvalue weighted by Gasteiger charge is -2.24. The molecule has 0 unspecified atom stereocenters. The highest BCUT2D eigenvalue weighted by Gasteiger charge is 2.30. The van der Waals surface area contributed by atoms with Crippen molar-refractivity contribution in [2.45, 2.75) is 45.8 Å². The van der Waals surface area contributed by atoms with Crippen LogP contribution in [0.4, 0.5) is 0 Å². The predicted molar refractivity (Wildman–Crippen MR) is 92.9 cm³/mol. The van der Waals surface area contributed by atoms with E-state index in [1.54, 1.807) is 5.56 Å². The number of nitrogens with one attached hydrogen (secondary N) is 1. The quantitative estimate of drug-likeness (QED) is 0.823. The standard InChI is InChI=1S/C18H26N2S/c1-13(2)11-20(14-8-9-14)12-16-15-6-4-5-7-17(15)21-18(16)10-19-3/h4-7,13-14,19H,8-12H2,1-3H3. The van der Waals surface area contributed by atoms with Gasteiger partial charge in [-0.2, -0.15) is 0 Å². The summed E-state index contributed by atoms with van der Waals surface area (Å²) in [7, 11) is 2.04. The maximum atomic E-state index is 3.34. The van der Waals surface area contributed by atoms with Crippen LogP contribution >= 0.6 is 11.3 Å². The molecule has 3 rings (SSSR count). The number of rotatable bonds is 7. The first-order chi connectivity index (χ1) is 10.2. The number of hydrogen-bond acceptors (Lipinski definition) is 3. The van der Waals surface area contributed by atoms with Crippen molar-refractivity contribution in [2.75, 3.05) is 13.6 Å². The number of benzene rings is 1. The molecular weight excluding hydrogens is 276 g/mol. The third-order valence-electron chi connectivity index (χ3n) is 4.14. The lowest BCUT2D eigenvalue weighted by molar-refractivity contribution is 0.226. The first kappa shape index (κ1) is 15.0. The summed E-state index contributed by atoms with van der Waals surface area (Å²) >= 11 is 1.95. The Balaban J connectivity index is 1.91. The van der Waals surface area contributed by atoms with E-state index < -0.39 is 0 Å². The Bertz CT molecular complexity index is 598. The van der Waals surface area contributed by atoms with E-state index in [1.165, 1.54) is 34.3 Å². The Morgan fingerprint density at radius 3 is 2.71 bits per heavy atom. The number of thiophene rings is 1. The molecule has 1 aliphatic rings. The van der Waals surface area contributed by atoms with Crippen LogP contribution in [-0.2, 0) is 13.1 Å². The molecule has 0 bridgehead atoms. The fourth-order valence-electron chi connectivity index (χ4n) is 3.08. The minimum atomic E-state index is 0.739. The highest BCUT2D eigenvalue weighted by molar-refractivity contribution is 7.19. The third-order valence-corrected chi connectivity index (χ3v) is 5.36. The maximum Gasteiger partial charge on any atom is 0.0349 e. The molecule has 2 nitrogen and oxygen atoms in total. The summed E-state index contributed by atoms with van der Waals surface area (Å²) < 4.78 is 1.43. The molecular formula is C18H26N2S. The third kappa shape index (κ3) is 3.47. The smallest absolute Gasteiger partial charge is 0.0349 e. The summed E-state index contributed by atoms with van der Waals surface area (Å²) in [5.74, 6) is 0.739. The van der Waals surface area contributed by atoms with Gasteiger partial charge in [0.25, 0.3) is 0 Å². The molecule has 0 radical (unpaired) electrons. The zero-order valence-electron chi connectivity index (χ0n) is 13.4. The summed E-state index contributed by atoms with van der Waals surface area (Å²) in [6.45, 7) is 7.97. The molecule has 0 aliphatic heterocycles. The molecule has 114 valence electrons. The van der Waals surface area contributed by atoms with E-state index in [0.717, 1.165) is 25.0 Å². The van der Waals surface area contributed by atoms with Crippen molar-refractivity contribution in [2.24, 2.45) is 5.92 Å². The molecule has 1 N–H and O–H groups in total. The van der Waals surface area contributed by atoms with Crippen LogP contribution in [0.1, 0.15) is 37.1 Å². The van der Waals surface area contributed by atoms with Gasteiger partial charge in [0.05, 0.1) is 0 Å². The van der Waals surface area contributed by atoms with Crippen LogP contribution in [0.5, 0.6) is 0 Å². The first-order valence-corrected chi connectivity index (χ1v) is 8.88. The Morgan fingerprint density at radius 1 is 1.29 bits per heavy atom. The van der Waals surface area contributed by atoms with Crippen molar-refractivity contribution < 1.29 is 0 Å². The van der Waals surface area contributed by atoms with E-state index in [0.29, 0.717) is 0 Å². The molecule has 1 heterocycles. The lowest BCUT2D eigenvalue weighted by atomic mass is 10.1. The predicted octanol–water partition coefficient (Wildman–Crippen LogP) is 4.24. The van der Waals surface area contributed by atoms with Crippen molar-refractivity contribution in [1.29, 1.82) is 0 Å². The van der Waals surface area contributed by atoms with Crippen LogP contribution in [0.2, 0.25) is 0 Å². The maximum absolute atomic E-state index is 3.34. The van der Waals surface area contributed by atoms with Crippen LogP contribution in [0, 0.1) is 5.92 Å². The average Bonchev–Trinajstić information content (AvgIpc) is 3.23. The highest BCUT2D eigenvalue weighted by Crippen LogP contribution is 2.35. The molecule has 21 heavy (non-hydrogen) atoms. The van der Waals surface area contributed by atoms with Gasteiger partial charge in [0.15, 0.2) is 0 Å². The summed E-state index contributed by atoms with van der Waals surface area (Å²) in [5.41, 5.74) is 1.55. The van der Waals surface area contributed by atoms with Gasteiger partial charge in [-0.05, 0) is 42.8 Å². The topological polar surface area (TPSA) is 15.3 Å². The average molecular weight is 302 g/mol. The molecule has 0 amide bonds. The minimum absolute atomic E-state index is 0.739. The number of fused-ring (bicyclic) bond motifs is 1. The van der Waals surface area contributed by atoms with E-state index in [1.807, 2.05) is 18.4 Å². The van der Waals surface area contributed by atoms with Crippen molar-refractivity contribution in [3.63, 3.8) is 0 Å². The molecule has 0 atom stereocenters. The second kappa shape index (κ2) is 6.47. The van der Waals surface area contributed by atoms with Crippen LogP contribution in [0.15, 0.2) is 24.3 Å². The van der Waals surface area contributed by atoms with Crippen LogP contribution in [0.3, 0.4) is 0 Å². The summed E-state index contributed by atoms with van der Waals surface area (Å²) in [6.07, 6.45) is 2.77. The fourth-order valence-corrected chi connectivity index (χ4v) is 4.31. The molecule has 1 aromatic heterocycles. The van der Waals surface area contributed by atoms with Crippen LogP contribution in [0.25, 0.3) is 10.1 Å². The fraction of sp³-hybridized carbons (Fsp3) is 0.556. The number of nitrogens with zero attached hydrogens (tertiary/aromatic N) is 1. The largest absolute Gasteiger partial charge is 0.315 e. The molecule has 0 spiro atoms. The second-order valence-corrected chi connectivity index (χ2v) is 7.72. The Labute approximate surface area is 132 Å². The molecule has 1 aromatic carbocycles. The molecule has 1 aliphatic carbocycles. The first-order valence-electron chi connectivity index (χ1n) is 8.07. The van der Waals surface area contributed by atoms with Crippen LogP contribution in [-0.4, -0.2) is 24.5 Å². The normalized spacial score (nSPS) is 15.5. The Morgan fingerprint density at radius 2 is 2.05 bits per heavy atom. The van der Waals surface area contributed by atoms with Gasteiger partial charge in [-0.1, -0.05) is 32.0 Å². The minimum Gasteiger partial charge on any atom is -0.315 e. The van der Waals surface area contributed by atoms with Gasteiger partial charge >= 0.3 is 0 Å². The van der Waals surface area contributed by atoms with E-state index in [2.05, 4.69) is 48.3 Å². The zero-order chi connectivity index (χ0) is 14.8. The highest BCUT2D eigenvalue weighted by atomic mass is 32.1. The summed E-state index contributed by atoms with van der Waals surface area (Å²) in [4.78, 5) is 4.21.